The summed E-state index contributed by atoms with van der Waals surface area (Å²) in [4.78, 5) is 11.1. The molecule has 0 aliphatic rings. The first-order valence-corrected chi connectivity index (χ1v) is 4.01. The Kier molecular flexibility index (Phi) is 5.27. The molecule has 0 aromatic carbocycles. The fourth-order valence-electron chi connectivity index (χ4n) is 1.12. The highest BCUT2D eigenvalue weighted by Crippen LogP contribution is 2.15. The van der Waals surface area contributed by atoms with Crippen LogP contribution in [0.5, 0.6) is 0 Å². The summed E-state index contributed by atoms with van der Waals surface area (Å²) in [5.74, 6) is 0.973. The van der Waals surface area contributed by atoms with Crippen molar-refractivity contribution in [2.75, 3.05) is 14.2 Å². The molecule has 0 radical (unpaired) electrons. The van der Waals surface area contributed by atoms with Crippen LogP contribution in [-0.2, 0) is 11.3 Å². The van der Waals surface area contributed by atoms with E-state index in [1.165, 1.54) is 7.11 Å². The molecular weight excluding hydrogens is 206 g/mol. The molecule has 0 unspecified atom stereocenters. The average Bonchev–Trinajstić information content (AvgIpc) is 2.46. The molecule has 1 rings (SSSR count). The fourth-order valence-corrected chi connectivity index (χ4v) is 1.12. The molecule has 0 saturated carbocycles. The van der Waals surface area contributed by atoms with E-state index in [1.807, 2.05) is 7.05 Å². The zero-order valence-corrected chi connectivity index (χ0v) is 9.23. The van der Waals surface area contributed by atoms with Gasteiger partial charge in [-0.1, -0.05) is 0 Å². The first kappa shape index (κ1) is 13.0. The van der Waals surface area contributed by atoms with E-state index in [1.54, 1.807) is 13.0 Å². The summed E-state index contributed by atoms with van der Waals surface area (Å²) in [6.07, 6.45) is 0. The zero-order valence-electron chi connectivity index (χ0n) is 8.42. The van der Waals surface area contributed by atoms with Gasteiger partial charge in [0, 0.05) is 0 Å². The largest absolute Gasteiger partial charge is 0.465 e. The monoisotopic (exact) mass is 219 g/mol. The molecule has 1 aromatic rings. The number of halogens is 1. The SMILES string of the molecule is CNCc1cc(C(=O)OC)c(C)o1.Cl. The van der Waals surface area contributed by atoms with Gasteiger partial charge in [0.1, 0.15) is 17.1 Å². The van der Waals surface area contributed by atoms with E-state index in [2.05, 4.69) is 10.1 Å². The van der Waals surface area contributed by atoms with Gasteiger partial charge in [-0.2, -0.15) is 0 Å². The van der Waals surface area contributed by atoms with Crippen LogP contribution in [0.25, 0.3) is 0 Å². The van der Waals surface area contributed by atoms with Gasteiger partial charge in [0.15, 0.2) is 0 Å². The number of aryl methyl sites for hydroxylation is 1. The lowest BCUT2D eigenvalue weighted by atomic mass is 10.2. The number of rotatable bonds is 3. The van der Waals surface area contributed by atoms with Gasteiger partial charge in [0.05, 0.1) is 13.7 Å². The minimum atomic E-state index is -0.358. The first-order chi connectivity index (χ1) is 6.19. The second-order valence-electron chi connectivity index (χ2n) is 2.70. The van der Waals surface area contributed by atoms with E-state index in [-0.39, 0.29) is 18.4 Å². The van der Waals surface area contributed by atoms with Crippen LogP contribution in [0, 0.1) is 6.92 Å². The third kappa shape index (κ3) is 2.75. The maximum absolute atomic E-state index is 11.1. The molecule has 0 atom stereocenters. The van der Waals surface area contributed by atoms with Gasteiger partial charge in [-0.05, 0) is 20.0 Å². The lowest BCUT2D eigenvalue weighted by Crippen LogP contribution is -2.04. The topological polar surface area (TPSA) is 51.5 Å². The van der Waals surface area contributed by atoms with Crippen LogP contribution in [0.15, 0.2) is 10.5 Å². The summed E-state index contributed by atoms with van der Waals surface area (Å²) < 4.78 is 9.90. The molecule has 0 aliphatic carbocycles. The molecule has 80 valence electrons. The minimum absolute atomic E-state index is 0. The quantitative estimate of drug-likeness (QED) is 0.784. The lowest BCUT2D eigenvalue weighted by Gasteiger charge is -1.93. The maximum Gasteiger partial charge on any atom is 0.341 e. The van der Waals surface area contributed by atoms with Crippen molar-refractivity contribution in [1.82, 2.24) is 5.32 Å². The second kappa shape index (κ2) is 5.67. The molecule has 0 aliphatic heterocycles. The number of furan rings is 1. The van der Waals surface area contributed by atoms with E-state index in [9.17, 15) is 4.79 Å². The number of esters is 1. The fraction of sp³-hybridized carbons (Fsp3) is 0.444. The van der Waals surface area contributed by atoms with Crippen LogP contribution in [0.4, 0.5) is 0 Å². The molecule has 4 nitrogen and oxygen atoms in total. The van der Waals surface area contributed by atoms with E-state index < -0.39 is 0 Å². The third-order valence-corrected chi connectivity index (χ3v) is 1.73. The van der Waals surface area contributed by atoms with Gasteiger partial charge in [-0.15, -0.1) is 12.4 Å². The van der Waals surface area contributed by atoms with Gasteiger partial charge in [-0.25, -0.2) is 4.79 Å². The average molecular weight is 220 g/mol. The Morgan fingerprint density at radius 1 is 1.64 bits per heavy atom. The normalized spacial score (nSPS) is 9.36. The maximum atomic E-state index is 11.1. The van der Waals surface area contributed by atoms with Gasteiger partial charge >= 0.3 is 5.97 Å². The number of methoxy groups -OCH3 is 1. The summed E-state index contributed by atoms with van der Waals surface area (Å²) in [6.45, 7) is 2.35. The lowest BCUT2D eigenvalue weighted by molar-refractivity contribution is 0.0599. The van der Waals surface area contributed by atoms with Crippen LogP contribution in [0.3, 0.4) is 0 Å². The van der Waals surface area contributed by atoms with Crippen molar-refractivity contribution in [2.24, 2.45) is 0 Å². The number of hydrogen-bond acceptors (Lipinski definition) is 4. The molecule has 14 heavy (non-hydrogen) atoms. The smallest absolute Gasteiger partial charge is 0.341 e. The van der Waals surface area contributed by atoms with Crippen LogP contribution in [-0.4, -0.2) is 20.1 Å². The number of carbonyl (C=O) groups is 1. The molecule has 0 fully saturated rings. The number of hydrogen-bond donors (Lipinski definition) is 1. The van der Waals surface area contributed by atoms with Gasteiger partial charge < -0.3 is 14.5 Å². The standard InChI is InChI=1S/C9H13NO3.ClH/c1-6-8(9(11)12-3)4-7(13-6)5-10-2;/h4,10H,5H2,1-3H3;1H. The minimum Gasteiger partial charge on any atom is -0.465 e. The number of ether oxygens (including phenoxy) is 1. The highest BCUT2D eigenvalue weighted by molar-refractivity contribution is 5.90. The predicted molar refractivity (Wildman–Crippen MR) is 54.8 cm³/mol. The van der Waals surface area contributed by atoms with Crippen molar-refractivity contribution < 1.29 is 13.9 Å². The Hall–Kier alpha value is -1.000. The molecule has 1 aromatic heterocycles. The van der Waals surface area contributed by atoms with E-state index in [0.717, 1.165) is 5.76 Å². The van der Waals surface area contributed by atoms with Gasteiger partial charge in [-0.3, -0.25) is 0 Å². The Morgan fingerprint density at radius 2 is 2.29 bits per heavy atom. The summed E-state index contributed by atoms with van der Waals surface area (Å²) in [5, 5.41) is 2.94. The third-order valence-electron chi connectivity index (χ3n) is 1.73. The van der Waals surface area contributed by atoms with Crippen molar-refractivity contribution in [3.8, 4) is 0 Å². The van der Waals surface area contributed by atoms with E-state index in [4.69, 9.17) is 4.42 Å². The Balaban J connectivity index is 0.00000169. The number of nitrogens with one attached hydrogen (secondary N) is 1. The number of carbonyl (C=O) groups excluding carboxylic acids is 1. The Morgan fingerprint density at radius 3 is 2.79 bits per heavy atom. The van der Waals surface area contributed by atoms with Crippen molar-refractivity contribution >= 4 is 18.4 Å². The zero-order chi connectivity index (χ0) is 9.84. The van der Waals surface area contributed by atoms with Crippen LogP contribution in [0.2, 0.25) is 0 Å². The van der Waals surface area contributed by atoms with Crippen LogP contribution in [0.1, 0.15) is 21.9 Å². The van der Waals surface area contributed by atoms with Crippen LogP contribution < -0.4 is 5.32 Å². The van der Waals surface area contributed by atoms with Gasteiger partial charge in [0.25, 0.3) is 0 Å². The predicted octanol–water partition coefficient (Wildman–Crippen LogP) is 1.52. The highest BCUT2D eigenvalue weighted by Gasteiger charge is 2.14. The molecule has 0 bridgehead atoms. The van der Waals surface area contributed by atoms with Crippen molar-refractivity contribution in [3.63, 3.8) is 0 Å². The molecule has 1 heterocycles. The van der Waals surface area contributed by atoms with E-state index >= 15 is 0 Å². The molecule has 5 heteroatoms. The molecule has 0 amide bonds. The molecular formula is C9H14ClNO3. The van der Waals surface area contributed by atoms with Crippen molar-refractivity contribution in [1.29, 1.82) is 0 Å². The molecule has 0 spiro atoms. The Bertz CT molecular complexity index is 309. The summed E-state index contributed by atoms with van der Waals surface area (Å²) in [5.41, 5.74) is 0.493. The van der Waals surface area contributed by atoms with Crippen molar-refractivity contribution in [2.45, 2.75) is 13.5 Å². The van der Waals surface area contributed by atoms with E-state index in [0.29, 0.717) is 17.9 Å². The Labute approximate surface area is 89.0 Å². The van der Waals surface area contributed by atoms with Crippen molar-refractivity contribution in [3.05, 3.63) is 23.2 Å². The summed E-state index contributed by atoms with van der Waals surface area (Å²) in [7, 11) is 3.17. The van der Waals surface area contributed by atoms with Gasteiger partial charge in [0.2, 0.25) is 0 Å². The van der Waals surface area contributed by atoms with Crippen LogP contribution >= 0.6 is 12.4 Å². The molecule has 0 saturated heterocycles. The highest BCUT2D eigenvalue weighted by atomic mass is 35.5. The summed E-state index contributed by atoms with van der Waals surface area (Å²) >= 11 is 0. The summed E-state index contributed by atoms with van der Waals surface area (Å²) in [6, 6.07) is 1.69. The first-order valence-electron chi connectivity index (χ1n) is 4.01. The molecule has 1 N–H and O–H groups in total. The second-order valence-corrected chi connectivity index (χ2v) is 2.70.